The van der Waals surface area contributed by atoms with Gasteiger partial charge in [-0.1, -0.05) is 13.3 Å². The van der Waals surface area contributed by atoms with E-state index in [9.17, 15) is 4.79 Å². The highest BCUT2D eigenvalue weighted by Gasteiger charge is 2.42. The molecule has 14 heavy (non-hydrogen) atoms. The van der Waals surface area contributed by atoms with Gasteiger partial charge in [-0.2, -0.15) is 0 Å². The third-order valence-corrected chi connectivity index (χ3v) is 2.87. The van der Waals surface area contributed by atoms with Gasteiger partial charge in [0.1, 0.15) is 0 Å². The first-order chi connectivity index (χ1) is 6.63. The Bertz CT molecular complexity index is 202. The minimum absolute atomic E-state index is 0.0262. The third kappa shape index (κ3) is 2.96. The molecule has 0 aromatic carbocycles. The van der Waals surface area contributed by atoms with Gasteiger partial charge in [0.2, 0.25) is 5.91 Å². The second-order valence-electron chi connectivity index (χ2n) is 4.27. The zero-order valence-corrected chi connectivity index (χ0v) is 8.75. The number of rotatable bonds is 6. The lowest BCUT2D eigenvalue weighted by atomic mass is 10.1. The average molecular weight is 200 g/mol. The summed E-state index contributed by atoms with van der Waals surface area (Å²) < 4.78 is 0. The van der Waals surface area contributed by atoms with E-state index in [0.717, 1.165) is 25.7 Å². The number of aliphatic hydroxyl groups excluding tert-OH is 1. The van der Waals surface area contributed by atoms with Crippen LogP contribution in [0, 0.1) is 5.41 Å². The van der Waals surface area contributed by atoms with Gasteiger partial charge in [0.05, 0.1) is 12.6 Å². The second-order valence-corrected chi connectivity index (χ2v) is 4.27. The van der Waals surface area contributed by atoms with E-state index in [1.54, 1.807) is 0 Å². The summed E-state index contributed by atoms with van der Waals surface area (Å²) in [6, 6.07) is -0.394. The number of carbonyl (C=O) groups excluding carboxylic acids is 1. The van der Waals surface area contributed by atoms with Crippen molar-refractivity contribution in [3.8, 4) is 0 Å². The lowest BCUT2D eigenvalue weighted by Gasteiger charge is -2.15. The van der Waals surface area contributed by atoms with Crippen molar-refractivity contribution in [2.45, 2.75) is 38.6 Å². The Labute approximate surface area is 84.9 Å². The maximum Gasteiger partial charge on any atom is 0.236 e. The molecule has 1 aliphatic carbocycles. The Morgan fingerprint density at radius 3 is 2.71 bits per heavy atom. The molecule has 0 aromatic heterocycles. The van der Waals surface area contributed by atoms with Gasteiger partial charge >= 0.3 is 0 Å². The van der Waals surface area contributed by atoms with Crippen molar-refractivity contribution >= 4 is 5.91 Å². The van der Waals surface area contributed by atoms with Crippen LogP contribution in [-0.4, -0.2) is 30.2 Å². The highest BCUT2D eigenvalue weighted by molar-refractivity contribution is 5.81. The Kier molecular flexibility index (Phi) is 3.89. The minimum atomic E-state index is -0.394. The molecule has 4 heteroatoms. The molecule has 0 radical (unpaired) electrons. The predicted octanol–water partition coefficient (Wildman–Crippen LogP) is 0.00250. The molecule has 4 nitrogen and oxygen atoms in total. The van der Waals surface area contributed by atoms with E-state index in [4.69, 9.17) is 10.8 Å². The van der Waals surface area contributed by atoms with Crippen molar-refractivity contribution in [1.29, 1.82) is 0 Å². The zero-order valence-electron chi connectivity index (χ0n) is 8.75. The van der Waals surface area contributed by atoms with E-state index < -0.39 is 6.04 Å². The van der Waals surface area contributed by atoms with Crippen molar-refractivity contribution in [3.63, 3.8) is 0 Å². The van der Waals surface area contributed by atoms with E-state index in [2.05, 4.69) is 5.32 Å². The van der Waals surface area contributed by atoms with Crippen LogP contribution in [0.15, 0.2) is 0 Å². The van der Waals surface area contributed by atoms with Crippen LogP contribution in [0.2, 0.25) is 0 Å². The molecule has 0 heterocycles. The van der Waals surface area contributed by atoms with Gasteiger partial charge in [-0.3, -0.25) is 4.79 Å². The van der Waals surface area contributed by atoms with E-state index in [-0.39, 0.29) is 17.9 Å². The Morgan fingerprint density at radius 1 is 1.64 bits per heavy atom. The summed E-state index contributed by atoms with van der Waals surface area (Å²) >= 11 is 0. The van der Waals surface area contributed by atoms with Crippen molar-refractivity contribution in [2.75, 3.05) is 13.2 Å². The Morgan fingerprint density at radius 2 is 2.29 bits per heavy atom. The van der Waals surface area contributed by atoms with Gasteiger partial charge in [0.15, 0.2) is 0 Å². The average Bonchev–Trinajstić information content (AvgIpc) is 2.95. The number of nitrogens with two attached hydrogens (primary N) is 1. The number of aliphatic hydroxyl groups is 1. The smallest absolute Gasteiger partial charge is 0.236 e. The first-order valence-electron chi connectivity index (χ1n) is 5.28. The summed E-state index contributed by atoms with van der Waals surface area (Å²) in [4.78, 5) is 11.4. The molecule has 1 aliphatic rings. The maximum absolute atomic E-state index is 11.4. The lowest BCUT2D eigenvalue weighted by molar-refractivity contribution is -0.122. The van der Waals surface area contributed by atoms with E-state index in [1.807, 2.05) is 6.92 Å². The Hall–Kier alpha value is -0.610. The van der Waals surface area contributed by atoms with Gasteiger partial charge in [-0.25, -0.2) is 0 Å². The largest absolute Gasteiger partial charge is 0.396 e. The number of amides is 1. The number of nitrogens with one attached hydrogen (secondary N) is 1. The summed E-state index contributed by atoms with van der Waals surface area (Å²) in [6.45, 7) is 2.74. The van der Waals surface area contributed by atoms with Crippen LogP contribution in [0.4, 0.5) is 0 Å². The quantitative estimate of drug-likeness (QED) is 0.565. The normalized spacial score (nSPS) is 20.2. The van der Waals surface area contributed by atoms with Crippen molar-refractivity contribution in [3.05, 3.63) is 0 Å². The topological polar surface area (TPSA) is 75.4 Å². The molecular formula is C10H20N2O2. The fourth-order valence-electron chi connectivity index (χ4n) is 1.42. The van der Waals surface area contributed by atoms with Crippen LogP contribution in [0.5, 0.6) is 0 Å². The van der Waals surface area contributed by atoms with E-state index in [0.29, 0.717) is 6.54 Å². The van der Waals surface area contributed by atoms with E-state index >= 15 is 0 Å². The third-order valence-electron chi connectivity index (χ3n) is 2.87. The molecule has 1 atom stereocenters. The van der Waals surface area contributed by atoms with Crippen LogP contribution in [0.3, 0.4) is 0 Å². The molecule has 1 saturated carbocycles. The zero-order chi connectivity index (χ0) is 10.6. The molecule has 0 spiro atoms. The SMILES string of the molecule is CCCC(N)C(=O)NCC1(CO)CC1. The van der Waals surface area contributed by atoms with Crippen LogP contribution in [-0.2, 0) is 4.79 Å². The second kappa shape index (κ2) is 4.75. The number of hydrogen-bond acceptors (Lipinski definition) is 3. The molecule has 82 valence electrons. The molecule has 1 amide bonds. The van der Waals surface area contributed by atoms with Gasteiger partial charge in [-0.15, -0.1) is 0 Å². The molecule has 0 saturated heterocycles. The summed E-state index contributed by atoms with van der Waals surface area (Å²) in [7, 11) is 0. The summed E-state index contributed by atoms with van der Waals surface area (Å²) in [5.41, 5.74) is 5.62. The number of carbonyl (C=O) groups is 1. The monoisotopic (exact) mass is 200 g/mol. The standard InChI is InChI=1S/C10H20N2O2/c1-2-3-8(11)9(14)12-6-10(7-13)4-5-10/h8,13H,2-7,11H2,1H3,(H,12,14). The summed E-state index contributed by atoms with van der Waals surface area (Å²) in [5, 5.41) is 11.8. The molecule has 0 aromatic rings. The molecule has 1 fully saturated rings. The molecular weight excluding hydrogens is 180 g/mol. The highest BCUT2D eigenvalue weighted by atomic mass is 16.3. The summed E-state index contributed by atoms with van der Waals surface area (Å²) in [6.07, 6.45) is 3.65. The molecule has 4 N–H and O–H groups in total. The highest BCUT2D eigenvalue weighted by Crippen LogP contribution is 2.44. The molecule has 0 aliphatic heterocycles. The van der Waals surface area contributed by atoms with Crippen LogP contribution in [0.25, 0.3) is 0 Å². The van der Waals surface area contributed by atoms with Gasteiger partial charge in [0.25, 0.3) is 0 Å². The van der Waals surface area contributed by atoms with Gasteiger partial charge in [0, 0.05) is 12.0 Å². The maximum atomic E-state index is 11.4. The van der Waals surface area contributed by atoms with Gasteiger partial charge in [-0.05, 0) is 19.3 Å². The summed E-state index contributed by atoms with van der Waals surface area (Å²) in [5.74, 6) is -0.0911. The van der Waals surface area contributed by atoms with Crippen molar-refractivity contribution in [1.82, 2.24) is 5.32 Å². The fourth-order valence-corrected chi connectivity index (χ4v) is 1.42. The fraction of sp³-hybridized carbons (Fsp3) is 0.900. The van der Waals surface area contributed by atoms with Crippen molar-refractivity contribution < 1.29 is 9.90 Å². The van der Waals surface area contributed by atoms with E-state index in [1.165, 1.54) is 0 Å². The Balaban J connectivity index is 2.20. The molecule has 0 bridgehead atoms. The first kappa shape index (κ1) is 11.5. The van der Waals surface area contributed by atoms with Gasteiger partial charge < -0.3 is 16.2 Å². The van der Waals surface area contributed by atoms with Crippen LogP contribution in [0.1, 0.15) is 32.6 Å². The molecule has 1 unspecified atom stereocenters. The number of hydrogen-bond donors (Lipinski definition) is 3. The first-order valence-corrected chi connectivity index (χ1v) is 5.28. The van der Waals surface area contributed by atoms with Crippen molar-refractivity contribution in [2.24, 2.45) is 11.1 Å². The predicted molar refractivity (Wildman–Crippen MR) is 54.6 cm³/mol. The van der Waals surface area contributed by atoms with Crippen LogP contribution < -0.4 is 11.1 Å². The lowest BCUT2D eigenvalue weighted by Crippen LogP contribution is -2.43. The van der Waals surface area contributed by atoms with Crippen LogP contribution >= 0.6 is 0 Å². The molecule has 1 rings (SSSR count). The minimum Gasteiger partial charge on any atom is -0.396 e.